The maximum absolute atomic E-state index is 12.5. The highest BCUT2D eigenvalue weighted by Crippen LogP contribution is 2.21. The first-order valence-corrected chi connectivity index (χ1v) is 10.4. The summed E-state index contributed by atoms with van der Waals surface area (Å²) in [5, 5.41) is 16.4. The smallest absolute Gasteiger partial charge is 0.323 e. The third kappa shape index (κ3) is 5.42. The molecule has 1 fully saturated rings. The number of halogens is 1. The first-order chi connectivity index (χ1) is 15.1. The number of para-hydroxylation sites is 1. The van der Waals surface area contributed by atoms with Crippen molar-refractivity contribution < 1.29 is 9.59 Å². The highest BCUT2D eigenvalue weighted by molar-refractivity contribution is 6.33. The highest BCUT2D eigenvalue weighted by Gasteiger charge is 2.16. The Bertz CT molecular complexity index is 1080. The molecule has 31 heavy (non-hydrogen) atoms. The van der Waals surface area contributed by atoms with Crippen molar-refractivity contribution in [2.75, 3.05) is 30.3 Å². The number of nitrogens with one attached hydrogen (secondary N) is 4. The fraction of sp³-hybridized carbons (Fsp3) is 0.227. The van der Waals surface area contributed by atoms with Gasteiger partial charge in [0.2, 0.25) is 0 Å². The molecule has 3 amide bonds. The van der Waals surface area contributed by atoms with Crippen LogP contribution in [-0.2, 0) is 0 Å². The van der Waals surface area contributed by atoms with Crippen molar-refractivity contribution in [3.05, 3.63) is 71.5 Å². The number of nitrogens with zero attached hydrogens (tertiary/aromatic N) is 2. The second kappa shape index (κ2) is 9.63. The normalized spacial score (nSPS) is 15.5. The molecule has 1 aromatic heterocycles. The van der Waals surface area contributed by atoms with Gasteiger partial charge in [0.1, 0.15) is 0 Å². The van der Waals surface area contributed by atoms with E-state index in [0.29, 0.717) is 34.4 Å². The van der Waals surface area contributed by atoms with Gasteiger partial charge in [-0.2, -0.15) is 5.10 Å². The molecule has 0 spiro atoms. The summed E-state index contributed by atoms with van der Waals surface area (Å²) in [4.78, 5) is 24.7. The Hall–Kier alpha value is -3.36. The molecule has 0 bridgehead atoms. The number of rotatable bonds is 6. The molecule has 0 unspecified atom stereocenters. The van der Waals surface area contributed by atoms with Crippen molar-refractivity contribution >= 4 is 34.9 Å². The van der Waals surface area contributed by atoms with Gasteiger partial charge >= 0.3 is 6.03 Å². The average molecular weight is 439 g/mol. The zero-order chi connectivity index (χ0) is 21.6. The van der Waals surface area contributed by atoms with E-state index in [-0.39, 0.29) is 5.91 Å². The molecule has 4 N–H and O–H groups in total. The highest BCUT2D eigenvalue weighted by atomic mass is 35.5. The monoisotopic (exact) mass is 438 g/mol. The largest absolute Gasteiger partial charge is 0.352 e. The third-order valence-corrected chi connectivity index (χ3v) is 5.38. The van der Waals surface area contributed by atoms with Gasteiger partial charge in [0.15, 0.2) is 0 Å². The predicted octanol–water partition coefficient (Wildman–Crippen LogP) is 3.51. The summed E-state index contributed by atoms with van der Waals surface area (Å²) < 4.78 is 1.60. The van der Waals surface area contributed by atoms with Crippen LogP contribution in [0, 0.1) is 5.92 Å². The minimum atomic E-state index is -0.429. The van der Waals surface area contributed by atoms with Crippen LogP contribution in [-0.4, -0.2) is 41.4 Å². The average Bonchev–Trinajstić information content (AvgIpc) is 3.46. The molecule has 1 aliphatic heterocycles. The van der Waals surface area contributed by atoms with Crippen molar-refractivity contribution in [3.63, 3.8) is 0 Å². The van der Waals surface area contributed by atoms with Gasteiger partial charge in [-0.1, -0.05) is 29.8 Å². The van der Waals surface area contributed by atoms with E-state index >= 15 is 0 Å². The Kier molecular flexibility index (Phi) is 6.49. The van der Waals surface area contributed by atoms with Gasteiger partial charge in [-0.3, -0.25) is 4.79 Å². The number of hydrogen-bond donors (Lipinski definition) is 4. The SMILES string of the molecule is O=C(Nc1cnn(-c2cccc(C(=O)NC[C@@H]3CCNC3)c2)c1)Nc1ccccc1Cl. The summed E-state index contributed by atoms with van der Waals surface area (Å²) in [6.07, 6.45) is 4.28. The molecular formula is C22H23ClN6O2. The Labute approximate surface area is 185 Å². The molecule has 9 heteroatoms. The third-order valence-electron chi connectivity index (χ3n) is 5.05. The van der Waals surface area contributed by atoms with Gasteiger partial charge in [-0.15, -0.1) is 0 Å². The van der Waals surface area contributed by atoms with Gasteiger partial charge in [0, 0.05) is 12.1 Å². The van der Waals surface area contributed by atoms with Gasteiger partial charge in [-0.05, 0) is 55.8 Å². The quantitative estimate of drug-likeness (QED) is 0.473. The molecule has 3 aromatic rings. The topological polar surface area (TPSA) is 100 Å². The van der Waals surface area contributed by atoms with E-state index in [4.69, 9.17) is 11.6 Å². The van der Waals surface area contributed by atoms with E-state index in [1.54, 1.807) is 53.3 Å². The summed E-state index contributed by atoms with van der Waals surface area (Å²) in [5.74, 6) is 0.363. The van der Waals surface area contributed by atoms with Crippen molar-refractivity contribution in [2.24, 2.45) is 5.92 Å². The Balaban J connectivity index is 1.38. The molecule has 160 valence electrons. The van der Waals surface area contributed by atoms with E-state index in [0.717, 1.165) is 25.2 Å². The molecule has 0 saturated carbocycles. The molecule has 2 heterocycles. The lowest BCUT2D eigenvalue weighted by Crippen LogP contribution is -2.30. The summed E-state index contributed by atoms with van der Waals surface area (Å²) in [6, 6.07) is 13.7. The lowest BCUT2D eigenvalue weighted by molar-refractivity contribution is 0.0948. The molecule has 0 aliphatic carbocycles. The lowest BCUT2D eigenvalue weighted by Gasteiger charge is -2.11. The number of aromatic nitrogens is 2. The molecular weight excluding hydrogens is 416 g/mol. The first kappa shape index (κ1) is 20.9. The lowest BCUT2D eigenvalue weighted by atomic mass is 10.1. The standard InChI is InChI=1S/C22H23ClN6O2/c23-19-6-1-2-7-20(19)28-22(31)27-17-13-26-29(14-17)18-5-3-4-16(10-18)21(30)25-12-15-8-9-24-11-15/h1-7,10,13-15,24H,8-9,11-12H2,(H,25,30)(H2,27,28,31)/t15-/m1/s1. The maximum atomic E-state index is 12.5. The number of benzene rings is 2. The van der Waals surface area contributed by atoms with Gasteiger partial charge in [0.25, 0.3) is 5.91 Å². The van der Waals surface area contributed by atoms with Crippen LogP contribution in [0.25, 0.3) is 5.69 Å². The Morgan fingerprint density at radius 2 is 2.03 bits per heavy atom. The Morgan fingerprint density at radius 1 is 1.16 bits per heavy atom. The number of anilines is 2. The number of carbonyl (C=O) groups excluding carboxylic acids is 2. The van der Waals surface area contributed by atoms with E-state index in [1.165, 1.54) is 6.20 Å². The van der Waals surface area contributed by atoms with E-state index in [2.05, 4.69) is 26.4 Å². The summed E-state index contributed by atoms with van der Waals surface area (Å²) >= 11 is 6.06. The molecule has 1 atom stereocenters. The summed E-state index contributed by atoms with van der Waals surface area (Å²) in [7, 11) is 0. The van der Waals surface area contributed by atoms with Crippen LogP contribution < -0.4 is 21.3 Å². The summed E-state index contributed by atoms with van der Waals surface area (Å²) in [5.41, 5.74) is 2.30. The number of urea groups is 1. The second-order valence-corrected chi connectivity index (χ2v) is 7.76. The first-order valence-electron chi connectivity index (χ1n) is 10.0. The van der Waals surface area contributed by atoms with Crippen LogP contribution in [0.15, 0.2) is 60.9 Å². The van der Waals surface area contributed by atoms with E-state index in [1.807, 2.05) is 6.07 Å². The van der Waals surface area contributed by atoms with Crippen molar-refractivity contribution in [1.82, 2.24) is 20.4 Å². The van der Waals surface area contributed by atoms with Crippen LogP contribution >= 0.6 is 11.6 Å². The molecule has 2 aromatic carbocycles. The molecule has 1 aliphatic rings. The molecule has 4 rings (SSSR count). The fourth-order valence-electron chi connectivity index (χ4n) is 3.39. The molecule has 1 saturated heterocycles. The van der Waals surface area contributed by atoms with Crippen LogP contribution in [0.5, 0.6) is 0 Å². The minimum Gasteiger partial charge on any atom is -0.352 e. The number of hydrogen-bond acceptors (Lipinski definition) is 4. The zero-order valence-electron chi connectivity index (χ0n) is 16.8. The van der Waals surface area contributed by atoms with Gasteiger partial charge in [-0.25, -0.2) is 9.48 Å². The van der Waals surface area contributed by atoms with E-state index in [9.17, 15) is 9.59 Å². The Morgan fingerprint density at radius 3 is 2.84 bits per heavy atom. The van der Waals surface area contributed by atoms with Crippen LogP contribution in [0.4, 0.5) is 16.2 Å². The fourth-order valence-corrected chi connectivity index (χ4v) is 3.58. The maximum Gasteiger partial charge on any atom is 0.323 e. The van der Waals surface area contributed by atoms with Crippen LogP contribution in [0.2, 0.25) is 5.02 Å². The van der Waals surface area contributed by atoms with E-state index < -0.39 is 6.03 Å². The molecule has 0 radical (unpaired) electrons. The summed E-state index contributed by atoms with van der Waals surface area (Å²) in [6.45, 7) is 2.60. The second-order valence-electron chi connectivity index (χ2n) is 7.35. The predicted molar refractivity (Wildman–Crippen MR) is 121 cm³/mol. The van der Waals surface area contributed by atoms with Gasteiger partial charge in [0.05, 0.1) is 34.5 Å². The number of amides is 3. The zero-order valence-corrected chi connectivity index (χ0v) is 17.5. The molecule has 8 nitrogen and oxygen atoms in total. The van der Waals surface area contributed by atoms with Crippen molar-refractivity contribution in [2.45, 2.75) is 6.42 Å². The van der Waals surface area contributed by atoms with Crippen molar-refractivity contribution in [3.8, 4) is 5.69 Å². The van der Waals surface area contributed by atoms with Crippen LogP contribution in [0.1, 0.15) is 16.8 Å². The van der Waals surface area contributed by atoms with Crippen molar-refractivity contribution in [1.29, 1.82) is 0 Å². The van der Waals surface area contributed by atoms with Gasteiger partial charge < -0.3 is 21.3 Å². The number of carbonyl (C=O) groups is 2. The minimum absolute atomic E-state index is 0.113. The van der Waals surface area contributed by atoms with Crippen LogP contribution in [0.3, 0.4) is 0 Å².